The highest BCUT2D eigenvalue weighted by molar-refractivity contribution is 7.16. The lowest BCUT2D eigenvalue weighted by Gasteiger charge is -2.39. The summed E-state index contributed by atoms with van der Waals surface area (Å²) in [7, 11) is 0. The maximum Gasteiger partial charge on any atom is 0.409 e. The molecule has 0 aliphatic carbocycles. The van der Waals surface area contributed by atoms with Crippen LogP contribution in [0, 0.1) is 13.8 Å². The van der Waals surface area contributed by atoms with Gasteiger partial charge in [-0.3, -0.25) is 9.69 Å². The molecule has 1 aliphatic rings. The topological polar surface area (TPSA) is 71.1 Å². The Bertz CT molecular complexity index is 1200. The Morgan fingerprint density at radius 2 is 1.62 bits per heavy atom. The van der Waals surface area contributed by atoms with E-state index in [1.54, 1.807) is 16.2 Å². The minimum absolute atomic E-state index is 0.0870. The van der Waals surface area contributed by atoms with Gasteiger partial charge in [-0.2, -0.15) is 0 Å². The molecule has 0 bridgehead atoms. The van der Waals surface area contributed by atoms with E-state index in [1.165, 1.54) is 10.4 Å². The second kappa shape index (κ2) is 12.3. The van der Waals surface area contributed by atoms with E-state index < -0.39 is 0 Å². The largest absolute Gasteiger partial charge is 0.494 e. The summed E-state index contributed by atoms with van der Waals surface area (Å²) < 4.78 is 10.9. The number of carbonyl (C=O) groups excluding carboxylic acids is 2. The van der Waals surface area contributed by atoms with Crippen LogP contribution < -0.4 is 10.1 Å². The molecule has 3 aromatic rings. The second-order valence-corrected chi connectivity index (χ2v) is 10.2. The molecular formula is C29H35N3O4S. The average molecular weight is 522 g/mol. The van der Waals surface area contributed by atoms with Gasteiger partial charge in [-0.1, -0.05) is 30.3 Å². The molecule has 2 heterocycles. The van der Waals surface area contributed by atoms with Gasteiger partial charge in [-0.05, 0) is 63.1 Å². The zero-order valence-electron chi connectivity index (χ0n) is 22.0. The van der Waals surface area contributed by atoms with Gasteiger partial charge in [0.15, 0.2) is 0 Å². The maximum atomic E-state index is 13.1. The van der Waals surface area contributed by atoms with Crippen molar-refractivity contribution >= 4 is 28.3 Å². The van der Waals surface area contributed by atoms with Crippen LogP contribution in [0.2, 0.25) is 0 Å². The third-order valence-corrected chi connectivity index (χ3v) is 7.82. The highest BCUT2D eigenvalue weighted by Gasteiger charge is 2.33. The van der Waals surface area contributed by atoms with Gasteiger partial charge in [0.2, 0.25) is 0 Å². The molecule has 4 rings (SSSR count). The second-order valence-electron chi connectivity index (χ2n) is 8.97. The predicted octanol–water partition coefficient (Wildman–Crippen LogP) is 5.88. The average Bonchev–Trinajstić information content (AvgIpc) is 3.19. The molecule has 1 fully saturated rings. The Kier molecular flexibility index (Phi) is 8.84. The minimum Gasteiger partial charge on any atom is -0.494 e. The lowest BCUT2D eigenvalue weighted by atomic mass is 9.94. The summed E-state index contributed by atoms with van der Waals surface area (Å²) >= 11 is 1.61. The van der Waals surface area contributed by atoms with Crippen molar-refractivity contribution in [3.8, 4) is 5.75 Å². The minimum atomic E-state index is -0.266. The molecule has 1 saturated heterocycles. The van der Waals surface area contributed by atoms with Crippen molar-refractivity contribution < 1.29 is 19.1 Å². The fourth-order valence-electron chi connectivity index (χ4n) is 4.68. The first-order chi connectivity index (χ1) is 17.9. The number of hydrogen-bond acceptors (Lipinski definition) is 6. The number of thiophene rings is 1. The van der Waals surface area contributed by atoms with Crippen molar-refractivity contribution in [1.29, 1.82) is 0 Å². The van der Waals surface area contributed by atoms with E-state index in [1.807, 2.05) is 56.3 Å². The number of benzene rings is 2. The van der Waals surface area contributed by atoms with Gasteiger partial charge in [0.05, 0.1) is 19.3 Å². The number of piperazine rings is 1. The van der Waals surface area contributed by atoms with Gasteiger partial charge >= 0.3 is 6.09 Å². The van der Waals surface area contributed by atoms with Crippen molar-refractivity contribution in [3.63, 3.8) is 0 Å². The monoisotopic (exact) mass is 521 g/mol. The first-order valence-corrected chi connectivity index (χ1v) is 13.6. The van der Waals surface area contributed by atoms with Crippen LogP contribution in [0.3, 0.4) is 0 Å². The van der Waals surface area contributed by atoms with E-state index in [-0.39, 0.29) is 18.0 Å². The van der Waals surface area contributed by atoms with E-state index >= 15 is 0 Å². The molecule has 2 amide bonds. The number of nitrogens with zero attached hydrogens (tertiary/aromatic N) is 2. The zero-order valence-corrected chi connectivity index (χ0v) is 22.8. The smallest absolute Gasteiger partial charge is 0.409 e. The van der Waals surface area contributed by atoms with Crippen molar-refractivity contribution in [2.75, 3.05) is 44.7 Å². The van der Waals surface area contributed by atoms with Crippen LogP contribution in [0.4, 0.5) is 9.80 Å². The summed E-state index contributed by atoms with van der Waals surface area (Å²) in [5.74, 6) is 0.702. The molecule has 37 heavy (non-hydrogen) atoms. The van der Waals surface area contributed by atoms with Crippen LogP contribution in [0.15, 0.2) is 54.6 Å². The molecule has 2 aromatic carbocycles. The molecular weight excluding hydrogens is 486 g/mol. The lowest BCUT2D eigenvalue weighted by molar-refractivity contribution is 0.0715. The first-order valence-electron chi connectivity index (χ1n) is 12.8. The van der Waals surface area contributed by atoms with Crippen LogP contribution in [0.25, 0.3) is 0 Å². The third-order valence-electron chi connectivity index (χ3n) is 6.68. The Morgan fingerprint density at radius 1 is 0.946 bits per heavy atom. The molecule has 1 aliphatic heterocycles. The van der Waals surface area contributed by atoms with Crippen molar-refractivity contribution in [1.82, 2.24) is 9.80 Å². The molecule has 0 unspecified atom stereocenters. The van der Waals surface area contributed by atoms with Gasteiger partial charge in [0, 0.05) is 42.2 Å². The maximum absolute atomic E-state index is 13.1. The number of amides is 2. The van der Waals surface area contributed by atoms with E-state index in [4.69, 9.17) is 9.47 Å². The highest BCUT2D eigenvalue weighted by Crippen LogP contribution is 2.43. The fraction of sp³-hybridized carbons (Fsp3) is 0.379. The number of anilines is 1. The van der Waals surface area contributed by atoms with E-state index in [0.29, 0.717) is 45.0 Å². The van der Waals surface area contributed by atoms with Gasteiger partial charge in [-0.15, -0.1) is 11.3 Å². The normalized spacial score (nSPS) is 14.8. The van der Waals surface area contributed by atoms with Crippen molar-refractivity contribution in [2.24, 2.45) is 0 Å². The van der Waals surface area contributed by atoms with Gasteiger partial charge < -0.3 is 19.7 Å². The molecule has 1 aromatic heterocycles. The zero-order chi connectivity index (χ0) is 26.4. The lowest BCUT2D eigenvalue weighted by Crippen LogP contribution is -2.50. The highest BCUT2D eigenvalue weighted by atomic mass is 32.1. The van der Waals surface area contributed by atoms with E-state index in [0.717, 1.165) is 21.9 Å². The number of hydrogen-bond donors (Lipinski definition) is 1. The summed E-state index contributed by atoms with van der Waals surface area (Å²) in [5, 5.41) is 4.05. The van der Waals surface area contributed by atoms with Gasteiger partial charge in [0.1, 0.15) is 10.8 Å². The van der Waals surface area contributed by atoms with Crippen LogP contribution in [-0.2, 0) is 4.74 Å². The number of rotatable bonds is 8. The molecule has 7 nitrogen and oxygen atoms in total. The van der Waals surface area contributed by atoms with Crippen LogP contribution >= 0.6 is 11.3 Å². The summed E-state index contributed by atoms with van der Waals surface area (Å²) in [4.78, 5) is 30.7. The van der Waals surface area contributed by atoms with Gasteiger partial charge in [-0.25, -0.2) is 4.79 Å². The molecule has 8 heteroatoms. The van der Waals surface area contributed by atoms with Crippen molar-refractivity contribution in [3.05, 3.63) is 81.7 Å². The predicted molar refractivity (Wildman–Crippen MR) is 148 cm³/mol. The van der Waals surface area contributed by atoms with E-state index in [9.17, 15) is 9.59 Å². The molecule has 1 atom stereocenters. The Hall–Kier alpha value is -3.36. The van der Waals surface area contributed by atoms with Crippen LogP contribution in [0.5, 0.6) is 5.75 Å². The Morgan fingerprint density at radius 3 is 2.24 bits per heavy atom. The number of nitrogens with one attached hydrogen (secondary N) is 1. The summed E-state index contributed by atoms with van der Waals surface area (Å²) in [5.41, 5.74) is 4.00. The Balaban J connectivity index is 1.69. The third kappa shape index (κ3) is 6.14. The van der Waals surface area contributed by atoms with E-state index in [2.05, 4.69) is 36.2 Å². The molecule has 0 spiro atoms. The summed E-state index contributed by atoms with van der Waals surface area (Å²) in [6.07, 6.45) is -0.266. The molecule has 1 N–H and O–H groups in total. The summed E-state index contributed by atoms with van der Waals surface area (Å²) in [6, 6.07) is 17.4. The van der Waals surface area contributed by atoms with Crippen LogP contribution in [-0.4, -0.2) is 61.2 Å². The number of aryl methyl sites for hydroxylation is 1. The fourth-order valence-corrected chi connectivity index (χ4v) is 5.77. The first kappa shape index (κ1) is 26.7. The quantitative estimate of drug-likeness (QED) is 0.401. The molecule has 196 valence electrons. The molecule has 0 radical (unpaired) electrons. The molecule has 0 saturated carbocycles. The Labute approximate surface area is 223 Å². The summed E-state index contributed by atoms with van der Waals surface area (Å²) in [6.45, 7) is 11.5. The van der Waals surface area contributed by atoms with Crippen molar-refractivity contribution in [2.45, 2.75) is 33.7 Å². The van der Waals surface area contributed by atoms with Crippen LogP contribution in [0.1, 0.15) is 51.8 Å². The van der Waals surface area contributed by atoms with Gasteiger partial charge in [0.25, 0.3) is 5.91 Å². The number of carbonyl (C=O) groups is 2. The number of ether oxygens (including phenoxy) is 2. The SMILES string of the molecule is CCOC(=O)N1CCN([C@@H](c2ccc(OCC)cc2)c2c(NC(=O)c3ccccc3)sc(C)c2C)CC1. The standard InChI is InChI=1S/C29H35N3O4S/c1-5-35-24-14-12-22(13-15-24)26(31-16-18-32(19-17-31)29(34)36-6-2)25-20(3)21(4)37-28(25)30-27(33)23-10-8-7-9-11-23/h7-15,26H,5-6,16-19H2,1-4H3,(H,30,33)/t26-/m0/s1.